The van der Waals surface area contributed by atoms with Crippen molar-refractivity contribution in [3.8, 4) is 0 Å². The first kappa shape index (κ1) is 25.5. The summed E-state index contributed by atoms with van der Waals surface area (Å²) in [4.78, 5) is 60.4. The zero-order valence-electron chi connectivity index (χ0n) is 20.1. The number of nitrogen functional groups attached to an aromatic ring is 1. The number of nitrogens with one attached hydrogen (secondary N) is 1. The number of β-lactam (4-membered cyclic amide) rings is 1. The van der Waals surface area contributed by atoms with Crippen LogP contribution in [0.25, 0.3) is 0 Å². The number of anilines is 1. The van der Waals surface area contributed by atoms with E-state index in [4.69, 9.17) is 16.3 Å². The molecule has 0 aromatic carbocycles. The van der Waals surface area contributed by atoms with Crippen LogP contribution in [0.5, 0.6) is 0 Å². The predicted octanol–water partition coefficient (Wildman–Crippen LogP) is -0.700. The lowest BCUT2D eigenvalue weighted by atomic mass is 9.70. The highest BCUT2D eigenvalue weighted by Gasteiger charge is 2.57. The number of aromatic nitrogens is 1. The third-order valence-electron chi connectivity index (χ3n) is 7.94. The molecule has 4 saturated heterocycles. The average molecular weight is 551 g/mol. The maximum atomic E-state index is 13.1. The topological polar surface area (TPSA) is 190 Å². The van der Waals surface area contributed by atoms with E-state index in [1.54, 1.807) is 5.38 Å². The number of hydrogen-bond acceptors (Lipinski definition) is 10. The highest BCUT2D eigenvalue weighted by Crippen LogP contribution is 2.46. The number of thiazole rings is 1. The fourth-order valence-electron chi connectivity index (χ4n) is 5.78. The Morgan fingerprint density at radius 3 is 2.54 bits per heavy atom. The van der Waals surface area contributed by atoms with E-state index in [0.29, 0.717) is 41.6 Å². The Labute approximate surface area is 220 Å². The average Bonchev–Trinajstić information content (AvgIpc) is 3.31. The second-order valence-corrected chi connectivity index (χ2v) is 11.9. The number of aliphatic carboxylic acids is 1. The number of fused-ring (bicyclic) bond motifs is 4. The summed E-state index contributed by atoms with van der Waals surface area (Å²) in [5.41, 5.74) is 11.7. The number of nitrogens with two attached hydrogens (primary N) is 2. The quantitative estimate of drug-likeness (QED) is 0.140. The molecule has 15 heteroatoms. The van der Waals surface area contributed by atoms with E-state index >= 15 is 0 Å². The van der Waals surface area contributed by atoms with Crippen molar-refractivity contribution in [3.05, 3.63) is 22.3 Å². The Hall–Kier alpha value is -3.17. The van der Waals surface area contributed by atoms with E-state index < -0.39 is 34.6 Å². The standard InChI is InChI=1S/C22H27N7O6S2/c1-35-27-13(12-10-37-21(24)25-12)16(30)26-14-17(31)28-15(19(32)33)11(9-36-18(14)28)8-29-5-2-22(3-6-29,4-7-29)20(23)34/h10,14,18H,2-9H2,1H3,(H5-,23,24,25,26,30,32,33,34)/p+1/t14-,18+,22?,29?/m1/s1. The monoisotopic (exact) mass is 550 g/mol. The van der Waals surface area contributed by atoms with E-state index in [2.05, 4.69) is 15.5 Å². The fraction of sp³-hybridized carbons (Fsp3) is 0.545. The molecule has 2 atom stereocenters. The molecule has 37 heavy (non-hydrogen) atoms. The van der Waals surface area contributed by atoms with Crippen LogP contribution in [0, 0.1) is 5.41 Å². The largest absolute Gasteiger partial charge is 0.477 e. The number of rotatable bonds is 8. The first-order chi connectivity index (χ1) is 17.6. The fourth-order valence-corrected chi connectivity index (χ4v) is 7.67. The van der Waals surface area contributed by atoms with Gasteiger partial charge >= 0.3 is 5.97 Å². The smallest absolute Gasteiger partial charge is 0.352 e. The van der Waals surface area contributed by atoms with Crippen LogP contribution in [-0.2, 0) is 24.0 Å². The lowest BCUT2D eigenvalue weighted by molar-refractivity contribution is -0.940. The van der Waals surface area contributed by atoms with Gasteiger partial charge in [-0.1, -0.05) is 5.16 Å². The lowest BCUT2D eigenvalue weighted by Gasteiger charge is -2.55. The van der Waals surface area contributed by atoms with Gasteiger partial charge in [0.15, 0.2) is 10.8 Å². The molecular formula is C22H28N7O6S2+. The molecule has 6 N–H and O–H groups in total. The van der Waals surface area contributed by atoms with Crippen molar-refractivity contribution in [2.24, 2.45) is 16.3 Å². The molecule has 198 valence electrons. The van der Waals surface area contributed by atoms with Crippen molar-refractivity contribution >= 4 is 57.6 Å². The van der Waals surface area contributed by atoms with Gasteiger partial charge in [-0.3, -0.25) is 19.3 Å². The third kappa shape index (κ3) is 4.24. The van der Waals surface area contributed by atoms with E-state index in [0.717, 1.165) is 31.0 Å². The van der Waals surface area contributed by atoms with Crippen molar-refractivity contribution in [2.75, 3.05) is 44.8 Å². The number of piperidine rings is 3. The molecule has 4 fully saturated rings. The Balaban J connectivity index is 1.32. The molecule has 13 nitrogen and oxygen atoms in total. The van der Waals surface area contributed by atoms with Crippen LogP contribution < -0.4 is 16.8 Å². The zero-order chi connectivity index (χ0) is 26.5. The Morgan fingerprint density at radius 2 is 2.00 bits per heavy atom. The summed E-state index contributed by atoms with van der Waals surface area (Å²) in [6.07, 6.45) is 2.08. The number of nitrogens with zero attached hydrogens (tertiary/aromatic N) is 4. The predicted molar refractivity (Wildman–Crippen MR) is 135 cm³/mol. The summed E-state index contributed by atoms with van der Waals surface area (Å²) < 4.78 is 0.697. The zero-order valence-corrected chi connectivity index (χ0v) is 21.8. The molecule has 6 rings (SSSR count). The normalized spacial score (nSPS) is 31.0. The van der Waals surface area contributed by atoms with Gasteiger partial charge in [-0.05, 0) is 0 Å². The van der Waals surface area contributed by atoms with Gasteiger partial charge in [0, 0.05) is 36.0 Å². The first-order valence-corrected chi connectivity index (χ1v) is 13.7. The highest BCUT2D eigenvalue weighted by atomic mass is 32.2. The van der Waals surface area contributed by atoms with Gasteiger partial charge in [-0.15, -0.1) is 23.1 Å². The number of oxime groups is 1. The number of amides is 3. The lowest BCUT2D eigenvalue weighted by Crippen LogP contribution is -2.71. The van der Waals surface area contributed by atoms with Gasteiger partial charge in [0.1, 0.15) is 36.5 Å². The summed E-state index contributed by atoms with van der Waals surface area (Å²) in [6.45, 7) is 2.77. The van der Waals surface area contributed by atoms with Gasteiger partial charge in [0.05, 0.1) is 25.0 Å². The third-order valence-corrected chi connectivity index (χ3v) is 9.96. The molecule has 0 radical (unpaired) electrons. The second-order valence-electron chi connectivity index (χ2n) is 9.88. The molecule has 0 saturated carbocycles. The van der Waals surface area contributed by atoms with Crippen LogP contribution in [0.4, 0.5) is 5.13 Å². The van der Waals surface area contributed by atoms with Gasteiger partial charge in [0.2, 0.25) is 5.91 Å². The number of thioether (sulfide) groups is 1. The molecule has 1 aromatic heterocycles. The van der Waals surface area contributed by atoms with Crippen LogP contribution in [0.15, 0.2) is 21.8 Å². The molecule has 0 unspecified atom stereocenters. The molecule has 6 heterocycles. The molecule has 2 bridgehead atoms. The molecule has 0 spiro atoms. The summed E-state index contributed by atoms with van der Waals surface area (Å²) in [5, 5.41) is 17.7. The molecule has 5 aliphatic heterocycles. The minimum Gasteiger partial charge on any atom is -0.477 e. The number of quaternary nitrogens is 1. The second kappa shape index (κ2) is 9.29. The molecule has 3 amide bonds. The van der Waals surface area contributed by atoms with E-state index in [1.165, 1.54) is 23.8 Å². The van der Waals surface area contributed by atoms with Crippen LogP contribution in [0.3, 0.4) is 0 Å². The number of carbonyl (C=O) groups is 4. The van der Waals surface area contributed by atoms with Crippen LogP contribution in [-0.4, -0.2) is 99.3 Å². The SMILES string of the molecule is CON=C(C(=O)N[C@@H]1C(=O)N2C(C(=O)O)=C(C[N+]34CCC(C(N)=O)(CC3)CC4)CS[C@@H]12)c1csc(N)n1. The summed E-state index contributed by atoms with van der Waals surface area (Å²) in [7, 11) is 1.28. The Bertz CT molecular complexity index is 1220. The minimum atomic E-state index is -1.17. The van der Waals surface area contributed by atoms with Crippen LogP contribution in [0.1, 0.15) is 25.0 Å². The van der Waals surface area contributed by atoms with E-state index in [1.807, 2.05) is 0 Å². The van der Waals surface area contributed by atoms with Crippen LogP contribution in [0.2, 0.25) is 0 Å². The maximum Gasteiger partial charge on any atom is 0.352 e. The maximum absolute atomic E-state index is 13.1. The van der Waals surface area contributed by atoms with Crippen molar-refractivity contribution in [3.63, 3.8) is 0 Å². The molecular weight excluding hydrogens is 522 g/mol. The Kier molecular flexibility index (Phi) is 6.40. The number of carboxylic acid groups (broad SMARTS) is 1. The van der Waals surface area contributed by atoms with Gasteiger partial charge in [-0.25, -0.2) is 9.78 Å². The number of primary amides is 1. The first-order valence-electron chi connectivity index (χ1n) is 11.8. The number of carbonyl (C=O) groups excluding carboxylic acids is 3. The van der Waals surface area contributed by atoms with Crippen molar-refractivity contribution < 1.29 is 33.6 Å². The molecule has 1 aromatic rings. The van der Waals surface area contributed by atoms with Crippen LogP contribution >= 0.6 is 23.1 Å². The van der Waals surface area contributed by atoms with Crippen molar-refractivity contribution in [2.45, 2.75) is 30.7 Å². The number of hydrogen-bond donors (Lipinski definition) is 4. The van der Waals surface area contributed by atoms with Gasteiger partial charge < -0.3 is 31.2 Å². The summed E-state index contributed by atoms with van der Waals surface area (Å²) >= 11 is 2.55. The van der Waals surface area contributed by atoms with E-state index in [-0.39, 0.29) is 28.1 Å². The minimum absolute atomic E-state index is 0.0119. The molecule has 0 aliphatic carbocycles. The van der Waals surface area contributed by atoms with Crippen molar-refractivity contribution in [1.29, 1.82) is 0 Å². The van der Waals surface area contributed by atoms with Gasteiger partial charge in [0.25, 0.3) is 11.8 Å². The molecule has 5 aliphatic rings. The number of carboxylic acids is 1. The Morgan fingerprint density at radius 1 is 1.32 bits per heavy atom. The van der Waals surface area contributed by atoms with Crippen molar-refractivity contribution in [1.82, 2.24) is 15.2 Å². The highest BCUT2D eigenvalue weighted by molar-refractivity contribution is 8.00. The summed E-state index contributed by atoms with van der Waals surface area (Å²) in [5.74, 6) is -2.17. The summed E-state index contributed by atoms with van der Waals surface area (Å²) in [6, 6.07) is -0.917. The van der Waals surface area contributed by atoms with E-state index in [9.17, 15) is 24.3 Å². The van der Waals surface area contributed by atoms with Gasteiger partial charge in [-0.2, -0.15) is 0 Å².